The van der Waals surface area contributed by atoms with E-state index in [4.69, 9.17) is 22.7 Å². The van der Waals surface area contributed by atoms with E-state index in [9.17, 15) is 4.79 Å². The van der Waals surface area contributed by atoms with Crippen molar-refractivity contribution in [2.24, 2.45) is 11.7 Å². The lowest BCUT2D eigenvalue weighted by atomic mass is 9.77. The minimum Gasteiger partial charge on any atom is -0.496 e. The molecule has 1 aliphatic carbocycles. The molecule has 1 fully saturated rings. The molecule has 114 valence electrons. The van der Waals surface area contributed by atoms with Crippen molar-refractivity contribution in [3.8, 4) is 5.75 Å². The lowest BCUT2D eigenvalue weighted by Crippen LogP contribution is -2.58. The normalized spacial score (nSPS) is 25.1. The van der Waals surface area contributed by atoms with Gasteiger partial charge in [-0.2, -0.15) is 0 Å². The summed E-state index contributed by atoms with van der Waals surface area (Å²) < 4.78 is 5.24. The molecule has 1 aromatic rings. The van der Waals surface area contributed by atoms with Gasteiger partial charge in [-0.15, -0.1) is 0 Å². The lowest BCUT2D eigenvalue weighted by Gasteiger charge is -2.39. The Hall–Kier alpha value is -1.62. The molecule has 0 heterocycles. The van der Waals surface area contributed by atoms with Gasteiger partial charge < -0.3 is 15.8 Å². The van der Waals surface area contributed by atoms with Crippen LogP contribution >= 0.6 is 12.2 Å². The van der Waals surface area contributed by atoms with E-state index in [1.807, 2.05) is 12.1 Å². The molecule has 0 saturated heterocycles. The number of carbonyl (C=O) groups excluding carboxylic acids is 1. The Morgan fingerprint density at radius 3 is 2.57 bits per heavy atom. The molecule has 0 unspecified atom stereocenters. The highest BCUT2D eigenvalue weighted by Gasteiger charge is 2.38. The molecular weight excluding hydrogens is 284 g/mol. The van der Waals surface area contributed by atoms with Gasteiger partial charge in [0.05, 0.1) is 23.2 Å². The first-order chi connectivity index (χ1) is 9.98. The first-order valence-corrected chi connectivity index (χ1v) is 7.65. The third kappa shape index (κ3) is 3.35. The smallest absolute Gasteiger partial charge is 0.255 e. The zero-order valence-electron chi connectivity index (χ0n) is 12.5. The molecule has 0 atom stereocenters. The first-order valence-electron chi connectivity index (χ1n) is 7.24. The van der Waals surface area contributed by atoms with Crippen molar-refractivity contribution in [1.82, 2.24) is 5.32 Å². The number of methoxy groups -OCH3 is 1. The third-order valence-corrected chi connectivity index (χ3v) is 4.69. The van der Waals surface area contributed by atoms with Gasteiger partial charge in [0.1, 0.15) is 5.75 Å². The molecule has 0 radical (unpaired) electrons. The fourth-order valence-electron chi connectivity index (χ4n) is 2.80. The molecule has 1 amide bonds. The Labute approximate surface area is 131 Å². The summed E-state index contributed by atoms with van der Waals surface area (Å²) >= 11 is 5.23. The molecule has 5 heteroatoms. The van der Waals surface area contributed by atoms with E-state index in [1.54, 1.807) is 19.2 Å². The van der Waals surface area contributed by atoms with Crippen LogP contribution in [-0.4, -0.2) is 23.5 Å². The van der Waals surface area contributed by atoms with E-state index in [-0.39, 0.29) is 5.91 Å². The first kappa shape index (κ1) is 15.8. The zero-order valence-corrected chi connectivity index (χ0v) is 13.3. The van der Waals surface area contributed by atoms with Crippen LogP contribution in [-0.2, 0) is 0 Å². The quantitative estimate of drug-likeness (QED) is 0.839. The Balaban J connectivity index is 2.21. The molecule has 1 saturated carbocycles. The number of carbonyl (C=O) groups is 1. The van der Waals surface area contributed by atoms with Crippen molar-refractivity contribution in [3.63, 3.8) is 0 Å². The summed E-state index contributed by atoms with van der Waals surface area (Å²) in [6.45, 7) is 2.21. The highest BCUT2D eigenvalue weighted by molar-refractivity contribution is 7.80. The Bertz CT molecular complexity index is 537. The van der Waals surface area contributed by atoms with Gasteiger partial charge in [0, 0.05) is 0 Å². The van der Waals surface area contributed by atoms with E-state index < -0.39 is 5.54 Å². The number of nitrogens with two attached hydrogens (primary N) is 1. The van der Waals surface area contributed by atoms with Crippen molar-refractivity contribution in [2.45, 2.75) is 38.1 Å². The minimum absolute atomic E-state index is 0.185. The summed E-state index contributed by atoms with van der Waals surface area (Å²) in [5, 5.41) is 3.06. The minimum atomic E-state index is -0.570. The topological polar surface area (TPSA) is 64.3 Å². The molecule has 4 nitrogen and oxygen atoms in total. The number of para-hydroxylation sites is 1. The number of rotatable bonds is 4. The SMILES string of the molecule is COc1ccccc1C(=O)NC1(C(N)=S)CCC(C)CC1. The number of hydrogen-bond acceptors (Lipinski definition) is 3. The Kier molecular flexibility index (Phi) is 4.83. The standard InChI is InChI=1S/C16H22N2O2S/c1-11-7-9-16(10-8-11,15(17)21)18-14(19)12-5-3-4-6-13(12)20-2/h3-6,11H,7-10H2,1-2H3,(H2,17,21)(H,18,19). The van der Waals surface area contributed by atoms with Crippen LogP contribution in [0.3, 0.4) is 0 Å². The fourth-order valence-corrected chi connectivity index (χ4v) is 3.06. The van der Waals surface area contributed by atoms with Crippen molar-refractivity contribution in [1.29, 1.82) is 0 Å². The molecule has 3 N–H and O–H groups in total. The molecule has 2 rings (SSSR count). The fraction of sp³-hybridized carbons (Fsp3) is 0.500. The van der Waals surface area contributed by atoms with Gasteiger partial charge in [0.15, 0.2) is 0 Å². The molecule has 0 spiro atoms. The van der Waals surface area contributed by atoms with Crippen molar-refractivity contribution in [3.05, 3.63) is 29.8 Å². The largest absolute Gasteiger partial charge is 0.496 e. The van der Waals surface area contributed by atoms with Crippen LogP contribution in [0.5, 0.6) is 5.75 Å². The average molecular weight is 306 g/mol. The van der Waals surface area contributed by atoms with Gasteiger partial charge in [-0.3, -0.25) is 4.79 Å². The van der Waals surface area contributed by atoms with Gasteiger partial charge in [-0.25, -0.2) is 0 Å². The van der Waals surface area contributed by atoms with Gasteiger partial charge in [0.25, 0.3) is 5.91 Å². The Morgan fingerprint density at radius 1 is 1.38 bits per heavy atom. The highest BCUT2D eigenvalue weighted by Crippen LogP contribution is 2.33. The number of amides is 1. The van der Waals surface area contributed by atoms with Gasteiger partial charge >= 0.3 is 0 Å². The predicted molar refractivity (Wildman–Crippen MR) is 87.6 cm³/mol. The molecular formula is C16H22N2O2S. The summed E-state index contributed by atoms with van der Waals surface area (Å²) in [6, 6.07) is 7.16. The van der Waals surface area contributed by atoms with Crippen LogP contribution in [0.1, 0.15) is 43.0 Å². The second kappa shape index (κ2) is 6.43. The van der Waals surface area contributed by atoms with Crippen LogP contribution < -0.4 is 15.8 Å². The van der Waals surface area contributed by atoms with E-state index in [0.29, 0.717) is 22.2 Å². The summed E-state index contributed by atoms with van der Waals surface area (Å²) in [7, 11) is 1.55. The van der Waals surface area contributed by atoms with Crippen LogP contribution in [0.25, 0.3) is 0 Å². The van der Waals surface area contributed by atoms with Crippen LogP contribution in [0, 0.1) is 5.92 Å². The van der Waals surface area contributed by atoms with Crippen LogP contribution in [0.4, 0.5) is 0 Å². The van der Waals surface area contributed by atoms with Gasteiger partial charge in [0.2, 0.25) is 0 Å². The van der Waals surface area contributed by atoms with E-state index in [0.717, 1.165) is 25.7 Å². The van der Waals surface area contributed by atoms with Crippen molar-refractivity contribution in [2.75, 3.05) is 7.11 Å². The molecule has 21 heavy (non-hydrogen) atoms. The molecule has 0 bridgehead atoms. The number of thiocarbonyl (C=S) groups is 1. The maximum atomic E-state index is 12.6. The average Bonchev–Trinajstić information content (AvgIpc) is 2.49. The predicted octanol–water partition coefficient (Wildman–Crippen LogP) is 2.66. The monoisotopic (exact) mass is 306 g/mol. The number of nitrogens with one attached hydrogen (secondary N) is 1. The van der Waals surface area contributed by atoms with Crippen LogP contribution in [0.15, 0.2) is 24.3 Å². The maximum Gasteiger partial charge on any atom is 0.255 e. The maximum absolute atomic E-state index is 12.6. The third-order valence-electron chi connectivity index (χ3n) is 4.30. The Morgan fingerprint density at radius 2 is 2.00 bits per heavy atom. The van der Waals surface area contributed by atoms with E-state index >= 15 is 0 Å². The number of benzene rings is 1. The zero-order chi connectivity index (χ0) is 15.5. The highest BCUT2D eigenvalue weighted by atomic mass is 32.1. The van der Waals surface area contributed by atoms with Crippen LogP contribution in [0.2, 0.25) is 0 Å². The molecule has 1 aliphatic rings. The van der Waals surface area contributed by atoms with E-state index in [2.05, 4.69) is 12.2 Å². The summed E-state index contributed by atoms with van der Waals surface area (Å²) in [5.74, 6) is 1.02. The molecule has 1 aromatic carbocycles. The lowest BCUT2D eigenvalue weighted by molar-refractivity contribution is 0.0897. The second-order valence-electron chi connectivity index (χ2n) is 5.78. The molecule has 0 aliphatic heterocycles. The van der Waals surface area contributed by atoms with Crippen molar-refractivity contribution >= 4 is 23.1 Å². The second-order valence-corrected chi connectivity index (χ2v) is 6.22. The summed E-state index contributed by atoms with van der Waals surface area (Å²) in [5.41, 5.74) is 5.87. The van der Waals surface area contributed by atoms with E-state index in [1.165, 1.54) is 0 Å². The summed E-state index contributed by atoms with van der Waals surface area (Å²) in [4.78, 5) is 13.0. The number of hydrogen-bond donors (Lipinski definition) is 2. The van der Waals surface area contributed by atoms with Crippen molar-refractivity contribution < 1.29 is 9.53 Å². The summed E-state index contributed by atoms with van der Waals surface area (Å²) in [6.07, 6.45) is 3.63. The van der Waals surface area contributed by atoms with Gasteiger partial charge in [-0.1, -0.05) is 31.3 Å². The van der Waals surface area contributed by atoms with Gasteiger partial charge in [-0.05, 0) is 43.7 Å². The number of ether oxygens (including phenoxy) is 1. The molecule has 0 aromatic heterocycles.